The topological polar surface area (TPSA) is 83.8 Å². The second kappa shape index (κ2) is 4.45. The Hall–Kier alpha value is -1.10. The largest absolute Gasteiger partial charge is 0.481 e. The van der Waals surface area contributed by atoms with Crippen molar-refractivity contribution in [2.24, 2.45) is 17.3 Å². The van der Waals surface area contributed by atoms with Crippen molar-refractivity contribution in [1.29, 1.82) is 0 Å². The Bertz CT molecular complexity index is 434. The first-order valence-corrected chi connectivity index (χ1v) is 7.31. The summed E-state index contributed by atoms with van der Waals surface area (Å²) in [5.74, 6) is -2.05. The minimum Gasteiger partial charge on any atom is -0.481 e. The number of hydrogen-bond donors (Lipinski definition) is 2. The van der Waals surface area contributed by atoms with Crippen LogP contribution in [-0.2, 0) is 14.3 Å². The molecule has 1 heterocycles. The summed E-state index contributed by atoms with van der Waals surface area (Å²) in [7, 11) is 0. The first kappa shape index (κ1) is 15.3. The van der Waals surface area contributed by atoms with Crippen LogP contribution in [0.2, 0.25) is 0 Å². The molecule has 5 heteroatoms. The van der Waals surface area contributed by atoms with Crippen LogP contribution in [-0.4, -0.2) is 33.4 Å². The maximum Gasteiger partial charge on any atom is 0.336 e. The smallest absolute Gasteiger partial charge is 0.336 e. The maximum absolute atomic E-state index is 12.1. The Balaban J connectivity index is 2.66. The first-order chi connectivity index (χ1) is 9.14. The monoisotopic (exact) mass is 284 g/mol. The molecule has 20 heavy (non-hydrogen) atoms. The number of rotatable bonds is 4. The van der Waals surface area contributed by atoms with Crippen LogP contribution in [0.25, 0.3) is 0 Å². The van der Waals surface area contributed by atoms with Crippen LogP contribution >= 0.6 is 0 Å². The van der Waals surface area contributed by atoms with Crippen molar-refractivity contribution in [1.82, 2.24) is 0 Å². The van der Waals surface area contributed by atoms with Crippen molar-refractivity contribution in [2.45, 2.75) is 64.6 Å². The normalized spacial score (nSPS) is 35.5. The zero-order valence-corrected chi connectivity index (χ0v) is 12.6. The molecule has 2 rings (SSSR count). The van der Waals surface area contributed by atoms with E-state index in [1.54, 1.807) is 0 Å². The van der Waals surface area contributed by atoms with E-state index < -0.39 is 28.6 Å². The molecule has 114 valence electrons. The van der Waals surface area contributed by atoms with Crippen molar-refractivity contribution >= 4 is 11.9 Å². The molecule has 2 fully saturated rings. The predicted octanol–water partition coefficient (Wildman–Crippen LogP) is 2.54. The summed E-state index contributed by atoms with van der Waals surface area (Å²) in [6.45, 7) is 7.73. The lowest BCUT2D eigenvalue weighted by Crippen LogP contribution is -2.57. The fourth-order valence-corrected chi connectivity index (χ4v) is 4.76. The van der Waals surface area contributed by atoms with Crippen LogP contribution in [0, 0.1) is 17.3 Å². The van der Waals surface area contributed by atoms with Gasteiger partial charge < -0.3 is 14.9 Å². The molecule has 2 N–H and O–H groups in total. The van der Waals surface area contributed by atoms with Gasteiger partial charge in [0.1, 0.15) is 5.41 Å². The van der Waals surface area contributed by atoms with Gasteiger partial charge in [-0.3, -0.25) is 4.79 Å². The van der Waals surface area contributed by atoms with Crippen LogP contribution in [0.4, 0.5) is 0 Å². The van der Waals surface area contributed by atoms with Gasteiger partial charge in [0.25, 0.3) is 0 Å². The molecule has 0 aromatic rings. The zero-order chi connectivity index (χ0) is 15.3. The van der Waals surface area contributed by atoms with Crippen molar-refractivity contribution in [2.75, 3.05) is 0 Å². The second-order valence-electron chi connectivity index (χ2n) is 6.92. The van der Waals surface area contributed by atoms with Crippen molar-refractivity contribution in [3.63, 3.8) is 0 Å². The average Bonchev–Trinajstić information content (AvgIpc) is 2.57. The van der Waals surface area contributed by atoms with Gasteiger partial charge in [0, 0.05) is 6.42 Å². The third-order valence-corrected chi connectivity index (χ3v) is 5.40. The lowest BCUT2D eigenvalue weighted by Gasteiger charge is -2.47. The van der Waals surface area contributed by atoms with E-state index in [0.717, 1.165) is 0 Å². The van der Waals surface area contributed by atoms with Gasteiger partial charge in [-0.15, -0.1) is 0 Å². The van der Waals surface area contributed by atoms with Crippen LogP contribution < -0.4 is 0 Å². The lowest BCUT2D eigenvalue weighted by atomic mass is 9.56. The molecule has 5 nitrogen and oxygen atoms in total. The highest BCUT2D eigenvalue weighted by Crippen LogP contribution is 2.64. The van der Waals surface area contributed by atoms with Crippen LogP contribution in [0.5, 0.6) is 0 Å². The van der Waals surface area contributed by atoms with Gasteiger partial charge in [0.05, 0.1) is 5.60 Å². The van der Waals surface area contributed by atoms with Gasteiger partial charge in [-0.2, -0.15) is 0 Å². The molecule has 0 amide bonds. The molecular formula is C15H24O5. The van der Waals surface area contributed by atoms with Gasteiger partial charge in [0.2, 0.25) is 0 Å². The third-order valence-electron chi connectivity index (χ3n) is 5.40. The van der Waals surface area contributed by atoms with E-state index in [2.05, 4.69) is 0 Å². The van der Waals surface area contributed by atoms with Gasteiger partial charge in [-0.05, 0) is 31.1 Å². The Morgan fingerprint density at radius 1 is 1.00 bits per heavy atom. The third kappa shape index (κ3) is 1.59. The molecule has 0 spiro atoms. The number of ether oxygens (including phenoxy) is 1. The van der Waals surface area contributed by atoms with Gasteiger partial charge in [-0.1, -0.05) is 27.7 Å². The molecule has 2 atom stereocenters. The van der Waals surface area contributed by atoms with E-state index in [9.17, 15) is 19.8 Å². The van der Waals surface area contributed by atoms with Crippen LogP contribution in [0.15, 0.2) is 0 Å². The summed E-state index contributed by atoms with van der Waals surface area (Å²) < 4.78 is 6.13. The van der Waals surface area contributed by atoms with Crippen molar-refractivity contribution in [3.05, 3.63) is 0 Å². The zero-order valence-electron chi connectivity index (χ0n) is 12.6. The van der Waals surface area contributed by atoms with E-state index in [1.165, 1.54) is 0 Å². The summed E-state index contributed by atoms with van der Waals surface area (Å²) in [5.41, 5.74) is -3.34. The second-order valence-corrected chi connectivity index (χ2v) is 6.92. The Morgan fingerprint density at radius 3 is 1.95 bits per heavy atom. The van der Waals surface area contributed by atoms with E-state index in [-0.39, 0.29) is 18.3 Å². The summed E-state index contributed by atoms with van der Waals surface area (Å²) in [4.78, 5) is 23.8. The van der Waals surface area contributed by atoms with Gasteiger partial charge >= 0.3 is 11.9 Å². The fraction of sp³-hybridized carbons (Fsp3) is 0.867. The molecule has 1 saturated carbocycles. The number of fused-ring (bicyclic) bond motifs is 2. The molecule has 0 aromatic heterocycles. The Morgan fingerprint density at radius 2 is 1.55 bits per heavy atom. The van der Waals surface area contributed by atoms with E-state index in [1.807, 2.05) is 27.7 Å². The SMILES string of the molecule is CC(C)C1(C(C)C)OC2(C(=O)O)CCCC1(C(=O)O)C2. The van der Waals surface area contributed by atoms with Crippen LogP contribution in [0.1, 0.15) is 53.4 Å². The predicted molar refractivity (Wildman–Crippen MR) is 72.4 cm³/mol. The molecular weight excluding hydrogens is 260 g/mol. The number of hydrogen-bond acceptors (Lipinski definition) is 3. The molecule has 1 aliphatic heterocycles. The highest BCUT2D eigenvalue weighted by Gasteiger charge is 2.73. The molecule has 1 aliphatic carbocycles. The summed E-state index contributed by atoms with van der Waals surface area (Å²) >= 11 is 0. The van der Waals surface area contributed by atoms with Gasteiger partial charge in [0.15, 0.2) is 5.60 Å². The average molecular weight is 284 g/mol. The molecule has 0 aromatic carbocycles. The van der Waals surface area contributed by atoms with Gasteiger partial charge in [-0.25, -0.2) is 4.79 Å². The fourth-order valence-electron chi connectivity index (χ4n) is 4.76. The number of aliphatic carboxylic acids is 2. The summed E-state index contributed by atoms with van der Waals surface area (Å²) in [5, 5.41) is 19.5. The van der Waals surface area contributed by atoms with Crippen molar-refractivity contribution < 1.29 is 24.5 Å². The minimum absolute atomic E-state index is 0.0575. The van der Waals surface area contributed by atoms with E-state index in [4.69, 9.17) is 4.74 Å². The number of carbonyl (C=O) groups is 2. The Labute approximate surface area is 119 Å². The maximum atomic E-state index is 12.1. The van der Waals surface area contributed by atoms with E-state index in [0.29, 0.717) is 19.3 Å². The number of carboxylic acids is 2. The van der Waals surface area contributed by atoms with Crippen LogP contribution in [0.3, 0.4) is 0 Å². The highest BCUT2D eigenvalue weighted by atomic mass is 16.6. The summed E-state index contributed by atoms with van der Waals surface area (Å²) in [6.07, 6.45) is 1.56. The lowest BCUT2D eigenvalue weighted by molar-refractivity contribution is -0.200. The number of carboxylic acid groups (broad SMARTS) is 2. The summed E-state index contributed by atoms with van der Waals surface area (Å²) in [6, 6.07) is 0. The molecule has 2 unspecified atom stereocenters. The quantitative estimate of drug-likeness (QED) is 0.828. The standard InChI is InChI=1S/C15H24O5/c1-9(2)15(10(3)4)13(11(16)17)6-5-7-14(8-13,20-15)12(18)19/h9-10H,5-8H2,1-4H3,(H,16,17)(H,18,19). The molecule has 0 radical (unpaired) electrons. The Kier molecular flexibility index (Phi) is 3.40. The first-order valence-electron chi connectivity index (χ1n) is 7.31. The molecule has 1 saturated heterocycles. The van der Waals surface area contributed by atoms with Crippen molar-refractivity contribution in [3.8, 4) is 0 Å². The highest BCUT2D eigenvalue weighted by molar-refractivity contribution is 5.84. The van der Waals surface area contributed by atoms with E-state index >= 15 is 0 Å². The molecule has 2 aliphatic rings. The molecule has 2 bridgehead atoms. The minimum atomic E-state index is -1.33.